The van der Waals surface area contributed by atoms with Gasteiger partial charge in [0.15, 0.2) is 5.78 Å². The first-order chi connectivity index (χ1) is 15.2. The van der Waals surface area contributed by atoms with Crippen molar-refractivity contribution >= 4 is 5.78 Å². The summed E-state index contributed by atoms with van der Waals surface area (Å²) >= 11 is 0. The Morgan fingerprint density at radius 3 is 2.19 bits per heavy atom. The minimum absolute atomic E-state index is 0.0144. The molecule has 0 aliphatic carbocycles. The van der Waals surface area contributed by atoms with Crippen molar-refractivity contribution in [1.29, 1.82) is 0 Å². The van der Waals surface area contributed by atoms with Crippen LogP contribution in [-0.4, -0.2) is 10.9 Å². The van der Waals surface area contributed by atoms with Gasteiger partial charge in [-0.15, -0.1) is 0 Å². The molecule has 4 heteroatoms. The molecule has 1 aromatic heterocycles. The number of aromatic hydroxyl groups is 1. The second-order valence-corrected chi connectivity index (χ2v) is 8.62. The van der Waals surface area contributed by atoms with Crippen LogP contribution in [0, 0.1) is 5.92 Å². The van der Waals surface area contributed by atoms with Crippen LogP contribution in [-0.2, 0) is 12.8 Å². The fourth-order valence-corrected chi connectivity index (χ4v) is 3.23. The predicted octanol–water partition coefficient (Wildman–Crippen LogP) is 7.24. The SMILES string of the molecule is C/C=C/CCC(C)c1cc(O)c(C(=O)CC)c(=O)o1.CCc1ccc(CCC(C)C)cc1. The largest absolute Gasteiger partial charge is 0.507 e. The molecule has 0 bridgehead atoms. The first-order valence-corrected chi connectivity index (χ1v) is 11.8. The van der Waals surface area contributed by atoms with Gasteiger partial charge in [0, 0.05) is 18.4 Å². The fourth-order valence-electron chi connectivity index (χ4n) is 3.23. The average molecular weight is 441 g/mol. The Kier molecular flexibility index (Phi) is 12.4. The Labute approximate surface area is 193 Å². The monoisotopic (exact) mass is 440 g/mol. The summed E-state index contributed by atoms with van der Waals surface area (Å²) < 4.78 is 5.14. The Hall–Kier alpha value is -2.62. The van der Waals surface area contributed by atoms with Gasteiger partial charge < -0.3 is 9.52 Å². The van der Waals surface area contributed by atoms with E-state index in [9.17, 15) is 14.7 Å². The highest BCUT2D eigenvalue weighted by atomic mass is 16.4. The van der Waals surface area contributed by atoms with Crippen LogP contribution in [0.2, 0.25) is 0 Å². The van der Waals surface area contributed by atoms with Crippen LogP contribution < -0.4 is 5.63 Å². The van der Waals surface area contributed by atoms with Gasteiger partial charge in [-0.05, 0) is 56.1 Å². The van der Waals surface area contributed by atoms with E-state index in [0.717, 1.165) is 25.2 Å². The van der Waals surface area contributed by atoms with Crippen molar-refractivity contribution in [3.63, 3.8) is 0 Å². The van der Waals surface area contributed by atoms with Crippen LogP contribution in [0.4, 0.5) is 0 Å². The molecule has 1 unspecified atom stereocenters. The summed E-state index contributed by atoms with van der Waals surface area (Å²) in [4.78, 5) is 23.3. The summed E-state index contributed by atoms with van der Waals surface area (Å²) in [6, 6.07) is 10.4. The normalized spacial score (nSPS) is 12.0. The van der Waals surface area contributed by atoms with Crippen LogP contribution in [0.5, 0.6) is 5.75 Å². The van der Waals surface area contributed by atoms with Crippen molar-refractivity contribution in [2.24, 2.45) is 5.92 Å². The predicted molar refractivity (Wildman–Crippen MR) is 133 cm³/mol. The van der Waals surface area contributed by atoms with E-state index in [1.165, 1.54) is 30.0 Å². The maximum atomic E-state index is 11.7. The molecule has 0 saturated carbocycles. The molecule has 0 saturated heterocycles. The van der Waals surface area contributed by atoms with Gasteiger partial charge in [0.1, 0.15) is 17.1 Å². The number of benzene rings is 1. The number of ketones is 1. The zero-order valence-corrected chi connectivity index (χ0v) is 20.6. The number of carbonyl (C=O) groups is 1. The maximum Gasteiger partial charge on any atom is 0.350 e. The van der Waals surface area contributed by atoms with Crippen molar-refractivity contribution < 1.29 is 14.3 Å². The Bertz CT molecular complexity index is 904. The van der Waals surface area contributed by atoms with E-state index in [0.29, 0.717) is 5.76 Å². The lowest BCUT2D eigenvalue weighted by Crippen LogP contribution is -2.15. The summed E-state index contributed by atoms with van der Waals surface area (Å²) in [7, 11) is 0. The van der Waals surface area contributed by atoms with Gasteiger partial charge in [0.05, 0.1) is 0 Å². The second kappa shape index (κ2) is 14.4. The molecule has 0 amide bonds. The van der Waals surface area contributed by atoms with Crippen molar-refractivity contribution in [2.45, 2.75) is 86.0 Å². The van der Waals surface area contributed by atoms with Gasteiger partial charge in [-0.25, -0.2) is 4.79 Å². The summed E-state index contributed by atoms with van der Waals surface area (Å²) in [6.45, 7) is 12.3. The molecule has 1 N–H and O–H groups in total. The molecule has 0 aliphatic heterocycles. The first-order valence-electron chi connectivity index (χ1n) is 11.8. The number of allylic oxidation sites excluding steroid dienone is 2. The van der Waals surface area contributed by atoms with Gasteiger partial charge in [-0.2, -0.15) is 0 Å². The number of aryl methyl sites for hydroxylation is 2. The third kappa shape index (κ3) is 9.25. The number of carbonyl (C=O) groups excluding carboxylic acids is 1. The molecule has 0 aliphatic rings. The zero-order valence-electron chi connectivity index (χ0n) is 20.6. The van der Waals surface area contributed by atoms with E-state index in [4.69, 9.17) is 4.42 Å². The molecular formula is C28H40O4. The molecule has 176 valence electrons. The molecule has 0 spiro atoms. The minimum atomic E-state index is -0.750. The van der Waals surface area contributed by atoms with E-state index in [-0.39, 0.29) is 23.7 Å². The van der Waals surface area contributed by atoms with Gasteiger partial charge in [0.25, 0.3) is 0 Å². The average Bonchev–Trinajstić information content (AvgIpc) is 2.77. The fraction of sp³-hybridized carbons (Fsp3) is 0.500. The third-order valence-corrected chi connectivity index (χ3v) is 5.48. The van der Waals surface area contributed by atoms with Crippen molar-refractivity contribution in [3.05, 3.63) is 75.4 Å². The lowest BCUT2D eigenvalue weighted by Gasteiger charge is -2.10. The topological polar surface area (TPSA) is 67.5 Å². The zero-order chi connectivity index (χ0) is 24.1. The van der Waals surface area contributed by atoms with Gasteiger partial charge in [-0.1, -0.05) is 71.0 Å². The van der Waals surface area contributed by atoms with Crippen LogP contribution in [0.1, 0.15) is 100 Å². The summed E-state index contributed by atoms with van der Waals surface area (Å²) in [5.41, 5.74) is 1.92. The summed E-state index contributed by atoms with van der Waals surface area (Å²) in [5.74, 6) is 0.557. The molecule has 0 radical (unpaired) electrons. The van der Waals surface area contributed by atoms with Gasteiger partial charge in [0.2, 0.25) is 0 Å². The van der Waals surface area contributed by atoms with Crippen LogP contribution >= 0.6 is 0 Å². The maximum absolute atomic E-state index is 11.7. The second-order valence-electron chi connectivity index (χ2n) is 8.62. The lowest BCUT2D eigenvalue weighted by atomic mass is 10.0. The van der Waals surface area contributed by atoms with Gasteiger partial charge >= 0.3 is 5.63 Å². The number of Topliss-reactive ketones (excluding diaryl/α,β-unsaturated/α-hetero) is 1. The molecule has 1 atom stereocenters. The van der Waals surface area contributed by atoms with Crippen LogP contribution in [0.3, 0.4) is 0 Å². The van der Waals surface area contributed by atoms with E-state index < -0.39 is 11.4 Å². The number of hydrogen-bond donors (Lipinski definition) is 1. The molecule has 1 aromatic carbocycles. The van der Waals surface area contributed by atoms with Crippen LogP contribution in [0.25, 0.3) is 0 Å². The molecule has 32 heavy (non-hydrogen) atoms. The summed E-state index contributed by atoms with van der Waals surface area (Å²) in [6.07, 6.45) is 9.50. The van der Waals surface area contributed by atoms with Crippen molar-refractivity contribution in [3.8, 4) is 5.75 Å². The first kappa shape index (κ1) is 27.4. The van der Waals surface area contributed by atoms with E-state index in [2.05, 4.69) is 45.0 Å². The molecule has 2 aromatic rings. The van der Waals surface area contributed by atoms with E-state index in [1.807, 2.05) is 26.0 Å². The Morgan fingerprint density at radius 2 is 1.69 bits per heavy atom. The highest BCUT2D eigenvalue weighted by molar-refractivity contribution is 5.97. The lowest BCUT2D eigenvalue weighted by molar-refractivity contribution is 0.0980. The Balaban J connectivity index is 0.000000343. The standard InChI is InChI=1S/C15H20O4.C13H20/c1-4-6-7-8-10(3)13-9-12(17)14(11(16)5-2)15(18)19-13;1-4-12-7-9-13(10-8-12)6-5-11(2)3/h4,6,9-10,17H,5,7-8H2,1-3H3;7-11H,4-6H2,1-3H3/b6-4+;. The van der Waals surface area contributed by atoms with Crippen molar-refractivity contribution in [2.75, 3.05) is 0 Å². The molecule has 2 rings (SSSR count). The van der Waals surface area contributed by atoms with Crippen LogP contribution in [0.15, 0.2) is 51.7 Å². The molecular weight excluding hydrogens is 400 g/mol. The van der Waals surface area contributed by atoms with Crippen molar-refractivity contribution in [1.82, 2.24) is 0 Å². The van der Waals surface area contributed by atoms with Gasteiger partial charge in [-0.3, -0.25) is 4.79 Å². The molecule has 0 fully saturated rings. The third-order valence-electron chi connectivity index (χ3n) is 5.48. The molecule has 1 heterocycles. The smallest absolute Gasteiger partial charge is 0.350 e. The quantitative estimate of drug-likeness (QED) is 0.312. The number of rotatable bonds is 10. The minimum Gasteiger partial charge on any atom is -0.507 e. The highest BCUT2D eigenvalue weighted by Gasteiger charge is 2.19. The molecule has 4 nitrogen and oxygen atoms in total. The summed E-state index contributed by atoms with van der Waals surface area (Å²) in [5, 5.41) is 9.80. The highest BCUT2D eigenvalue weighted by Crippen LogP contribution is 2.25. The number of hydrogen-bond acceptors (Lipinski definition) is 4. The Morgan fingerprint density at radius 1 is 1.06 bits per heavy atom. The van der Waals surface area contributed by atoms with E-state index >= 15 is 0 Å². The van der Waals surface area contributed by atoms with E-state index in [1.54, 1.807) is 6.92 Å².